The zero-order valence-electron chi connectivity index (χ0n) is 12.0. The molecule has 0 bridgehead atoms. The maximum absolute atomic E-state index is 12.2. The second-order valence-electron chi connectivity index (χ2n) is 4.44. The van der Waals surface area contributed by atoms with E-state index in [4.69, 9.17) is 9.47 Å². The van der Waals surface area contributed by atoms with Crippen LogP contribution >= 0.6 is 0 Å². The van der Waals surface area contributed by atoms with E-state index in [9.17, 15) is 9.59 Å². The van der Waals surface area contributed by atoms with E-state index in [2.05, 4.69) is 10.3 Å². The number of aryl methyl sites for hydroxylation is 1. The minimum Gasteiger partial charge on any atom is -0.497 e. The summed E-state index contributed by atoms with van der Waals surface area (Å²) in [6.07, 6.45) is 0. The first-order valence-electron chi connectivity index (χ1n) is 6.28. The van der Waals surface area contributed by atoms with Crippen LogP contribution in [-0.4, -0.2) is 25.1 Å². The number of aromatic amines is 1. The normalized spacial score (nSPS) is 10.0. The van der Waals surface area contributed by atoms with Gasteiger partial charge in [0.1, 0.15) is 11.5 Å². The molecule has 0 atom stereocenters. The molecule has 0 aliphatic rings. The molecule has 1 heterocycles. The fourth-order valence-electron chi connectivity index (χ4n) is 1.92. The van der Waals surface area contributed by atoms with E-state index in [0.29, 0.717) is 22.9 Å². The third kappa shape index (κ3) is 3.42. The maximum Gasteiger partial charge on any atom is 0.256 e. The number of pyridine rings is 1. The molecule has 2 aromatic rings. The number of ether oxygens (including phenoxy) is 2. The van der Waals surface area contributed by atoms with Crippen LogP contribution in [0.1, 0.15) is 16.1 Å². The molecule has 0 radical (unpaired) electrons. The average Bonchev–Trinajstić information content (AvgIpc) is 2.46. The van der Waals surface area contributed by atoms with Gasteiger partial charge in [0, 0.05) is 23.4 Å². The van der Waals surface area contributed by atoms with E-state index in [-0.39, 0.29) is 11.1 Å². The fourth-order valence-corrected chi connectivity index (χ4v) is 1.92. The number of aromatic nitrogens is 1. The summed E-state index contributed by atoms with van der Waals surface area (Å²) in [6.45, 7) is 1.71. The van der Waals surface area contributed by atoms with E-state index in [1.807, 2.05) is 0 Å². The van der Waals surface area contributed by atoms with Gasteiger partial charge in [0.15, 0.2) is 0 Å². The molecule has 0 aliphatic heterocycles. The lowest BCUT2D eigenvalue weighted by Crippen LogP contribution is -2.17. The molecular weight excluding hydrogens is 272 g/mol. The molecule has 0 aliphatic carbocycles. The van der Waals surface area contributed by atoms with Crippen molar-refractivity contribution in [2.24, 2.45) is 0 Å². The molecular formula is C15H16N2O4. The van der Waals surface area contributed by atoms with Crippen LogP contribution in [0.2, 0.25) is 0 Å². The number of methoxy groups -OCH3 is 2. The SMILES string of the molecule is COc1ccc(OC)c(NC(=O)c2cc(C)[nH]c(=O)c2)c1. The zero-order chi connectivity index (χ0) is 15.4. The smallest absolute Gasteiger partial charge is 0.256 e. The largest absolute Gasteiger partial charge is 0.497 e. The number of benzene rings is 1. The number of carbonyl (C=O) groups is 1. The summed E-state index contributed by atoms with van der Waals surface area (Å²) in [6, 6.07) is 7.92. The summed E-state index contributed by atoms with van der Waals surface area (Å²) in [5.41, 5.74) is 1.05. The Bertz CT molecular complexity index is 722. The summed E-state index contributed by atoms with van der Waals surface area (Å²) in [4.78, 5) is 26.2. The van der Waals surface area contributed by atoms with Gasteiger partial charge in [-0.05, 0) is 25.1 Å². The van der Waals surface area contributed by atoms with Crippen molar-refractivity contribution in [3.05, 3.63) is 51.9 Å². The number of nitrogens with one attached hydrogen (secondary N) is 2. The molecule has 2 rings (SSSR count). The number of rotatable bonds is 4. The van der Waals surface area contributed by atoms with Gasteiger partial charge in [0.2, 0.25) is 5.56 Å². The van der Waals surface area contributed by atoms with Crippen LogP contribution in [0.3, 0.4) is 0 Å². The predicted octanol–water partition coefficient (Wildman–Crippen LogP) is 1.95. The highest BCUT2D eigenvalue weighted by molar-refractivity contribution is 6.05. The lowest BCUT2D eigenvalue weighted by Gasteiger charge is -2.11. The number of anilines is 1. The van der Waals surface area contributed by atoms with Crippen LogP contribution in [0, 0.1) is 6.92 Å². The van der Waals surface area contributed by atoms with Gasteiger partial charge >= 0.3 is 0 Å². The first-order chi connectivity index (χ1) is 10.0. The molecule has 1 amide bonds. The Kier molecular flexibility index (Phi) is 4.27. The van der Waals surface area contributed by atoms with Gasteiger partial charge in [-0.1, -0.05) is 0 Å². The Morgan fingerprint density at radius 3 is 2.52 bits per heavy atom. The van der Waals surface area contributed by atoms with Gasteiger partial charge in [-0.25, -0.2) is 0 Å². The molecule has 0 fully saturated rings. The van der Waals surface area contributed by atoms with Crippen LogP contribution in [0.15, 0.2) is 35.1 Å². The Labute approximate surface area is 121 Å². The summed E-state index contributed by atoms with van der Waals surface area (Å²) in [5.74, 6) is 0.703. The van der Waals surface area contributed by atoms with E-state index in [1.54, 1.807) is 31.2 Å². The fraction of sp³-hybridized carbons (Fsp3) is 0.200. The van der Waals surface area contributed by atoms with E-state index < -0.39 is 5.91 Å². The van der Waals surface area contributed by atoms with Crippen molar-refractivity contribution in [1.82, 2.24) is 4.98 Å². The zero-order valence-corrected chi connectivity index (χ0v) is 12.0. The monoisotopic (exact) mass is 288 g/mol. The van der Waals surface area contributed by atoms with Gasteiger partial charge in [0.25, 0.3) is 5.91 Å². The number of hydrogen-bond acceptors (Lipinski definition) is 4. The number of carbonyl (C=O) groups excluding carboxylic acids is 1. The molecule has 110 valence electrons. The van der Waals surface area contributed by atoms with E-state index >= 15 is 0 Å². The van der Waals surface area contributed by atoms with Crippen molar-refractivity contribution in [3.63, 3.8) is 0 Å². The minimum atomic E-state index is -0.393. The predicted molar refractivity (Wildman–Crippen MR) is 79.3 cm³/mol. The Morgan fingerprint density at radius 2 is 1.90 bits per heavy atom. The van der Waals surface area contributed by atoms with Gasteiger partial charge < -0.3 is 19.8 Å². The first kappa shape index (κ1) is 14.6. The third-order valence-electron chi connectivity index (χ3n) is 2.90. The lowest BCUT2D eigenvalue weighted by atomic mass is 10.2. The second kappa shape index (κ2) is 6.13. The van der Waals surface area contributed by atoms with Gasteiger partial charge in [0.05, 0.1) is 19.9 Å². The van der Waals surface area contributed by atoms with Crippen molar-refractivity contribution in [2.45, 2.75) is 6.92 Å². The number of H-pyrrole nitrogens is 1. The second-order valence-corrected chi connectivity index (χ2v) is 4.44. The van der Waals surface area contributed by atoms with Crippen molar-refractivity contribution in [1.29, 1.82) is 0 Å². The summed E-state index contributed by atoms with van der Waals surface area (Å²) < 4.78 is 10.3. The molecule has 21 heavy (non-hydrogen) atoms. The lowest BCUT2D eigenvalue weighted by molar-refractivity contribution is 0.102. The number of hydrogen-bond donors (Lipinski definition) is 2. The molecule has 0 unspecified atom stereocenters. The summed E-state index contributed by atoms with van der Waals surface area (Å²) in [7, 11) is 3.04. The minimum absolute atomic E-state index is 0.279. The van der Waals surface area contributed by atoms with Crippen molar-refractivity contribution >= 4 is 11.6 Å². The Balaban J connectivity index is 2.32. The van der Waals surface area contributed by atoms with Crippen molar-refractivity contribution in [2.75, 3.05) is 19.5 Å². The van der Waals surface area contributed by atoms with Crippen molar-refractivity contribution < 1.29 is 14.3 Å². The molecule has 6 nitrogen and oxygen atoms in total. The third-order valence-corrected chi connectivity index (χ3v) is 2.90. The molecule has 1 aromatic carbocycles. The first-order valence-corrected chi connectivity index (χ1v) is 6.28. The standard InChI is InChI=1S/C15H16N2O4/c1-9-6-10(7-14(18)16-9)15(19)17-12-8-11(20-2)4-5-13(12)21-3/h4-8H,1-3H3,(H,16,18)(H,17,19). The molecule has 0 spiro atoms. The Hall–Kier alpha value is -2.76. The van der Waals surface area contributed by atoms with Crippen LogP contribution in [0.25, 0.3) is 0 Å². The van der Waals surface area contributed by atoms with Gasteiger partial charge in [-0.15, -0.1) is 0 Å². The number of amides is 1. The van der Waals surface area contributed by atoms with Crippen LogP contribution in [0.5, 0.6) is 11.5 Å². The van der Waals surface area contributed by atoms with E-state index in [1.165, 1.54) is 20.3 Å². The van der Waals surface area contributed by atoms with E-state index in [0.717, 1.165) is 0 Å². The summed E-state index contributed by atoms with van der Waals surface area (Å²) >= 11 is 0. The quantitative estimate of drug-likeness (QED) is 0.901. The van der Waals surface area contributed by atoms with Gasteiger partial charge in [-0.2, -0.15) is 0 Å². The topological polar surface area (TPSA) is 80.4 Å². The highest BCUT2D eigenvalue weighted by Gasteiger charge is 2.12. The maximum atomic E-state index is 12.2. The van der Waals surface area contributed by atoms with Crippen LogP contribution in [0.4, 0.5) is 5.69 Å². The van der Waals surface area contributed by atoms with Crippen LogP contribution < -0.4 is 20.3 Å². The molecule has 0 saturated carbocycles. The average molecular weight is 288 g/mol. The van der Waals surface area contributed by atoms with Crippen molar-refractivity contribution in [3.8, 4) is 11.5 Å². The Morgan fingerprint density at radius 1 is 1.14 bits per heavy atom. The highest BCUT2D eigenvalue weighted by Crippen LogP contribution is 2.29. The molecule has 1 aromatic heterocycles. The molecule has 6 heteroatoms. The van der Waals surface area contributed by atoms with Crippen LogP contribution in [-0.2, 0) is 0 Å². The molecule has 2 N–H and O–H groups in total. The van der Waals surface area contributed by atoms with Gasteiger partial charge in [-0.3, -0.25) is 9.59 Å². The highest BCUT2D eigenvalue weighted by atomic mass is 16.5. The molecule has 0 saturated heterocycles. The summed E-state index contributed by atoms with van der Waals surface area (Å²) in [5, 5.41) is 2.71.